The second-order valence-electron chi connectivity index (χ2n) is 4.53. The van der Waals surface area contributed by atoms with E-state index in [2.05, 4.69) is 25.7 Å². The number of hydrogen-bond donors (Lipinski definition) is 2. The van der Waals surface area contributed by atoms with Gasteiger partial charge in [0.1, 0.15) is 11.4 Å². The predicted octanol–water partition coefficient (Wildman–Crippen LogP) is 2.79. The summed E-state index contributed by atoms with van der Waals surface area (Å²) < 4.78 is 0. The van der Waals surface area contributed by atoms with Gasteiger partial charge in [-0.3, -0.25) is 4.98 Å². The third kappa shape index (κ3) is 2.51. The summed E-state index contributed by atoms with van der Waals surface area (Å²) in [5.74, 6) is 0. The molecule has 0 amide bonds. The molecule has 0 fully saturated rings. The van der Waals surface area contributed by atoms with Crippen LogP contribution in [0.5, 0.6) is 0 Å². The van der Waals surface area contributed by atoms with E-state index in [1.165, 1.54) is 0 Å². The zero-order valence-corrected chi connectivity index (χ0v) is 11.2. The Bertz CT molecular complexity index is 690. The third-order valence-electron chi connectivity index (χ3n) is 3.15. The molecule has 20 heavy (non-hydrogen) atoms. The number of aromatic amines is 1. The normalized spacial score (nSPS) is 10.4. The number of hydrogen-bond acceptors (Lipinski definition) is 4. The summed E-state index contributed by atoms with van der Waals surface area (Å²) in [6, 6.07) is 12.0. The zero-order chi connectivity index (χ0) is 13.8. The lowest BCUT2D eigenvalue weighted by molar-refractivity contribution is 0.910. The van der Waals surface area contributed by atoms with E-state index >= 15 is 0 Å². The fourth-order valence-electron chi connectivity index (χ4n) is 2.03. The summed E-state index contributed by atoms with van der Waals surface area (Å²) in [7, 11) is 0. The first-order chi connectivity index (χ1) is 9.84. The molecule has 1 aromatic carbocycles. The molecule has 5 nitrogen and oxygen atoms in total. The summed E-state index contributed by atoms with van der Waals surface area (Å²) in [6.45, 7) is 2.65. The van der Waals surface area contributed by atoms with Gasteiger partial charge in [-0.05, 0) is 18.6 Å². The van der Waals surface area contributed by atoms with E-state index in [1.807, 2.05) is 49.5 Å². The maximum absolute atomic E-state index is 4.23. The zero-order valence-electron chi connectivity index (χ0n) is 11.2. The molecule has 2 heterocycles. The van der Waals surface area contributed by atoms with Crippen molar-refractivity contribution in [3.8, 4) is 11.3 Å². The standard InChI is InChI=1S/C15H15N5/c1-11-7-8-16-9-13(11)17-10-14-15(19-20-18-14)12-5-3-2-4-6-12/h2-9,17H,10H2,1H3,(H,18,19,20). The predicted molar refractivity (Wildman–Crippen MR) is 78.1 cm³/mol. The van der Waals surface area contributed by atoms with Crippen molar-refractivity contribution in [2.75, 3.05) is 5.32 Å². The van der Waals surface area contributed by atoms with Crippen LogP contribution in [0.2, 0.25) is 0 Å². The fourth-order valence-corrected chi connectivity index (χ4v) is 2.03. The van der Waals surface area contributed by atoms with Gasteiger partial charge in [-0.2, -0.15) is 15.4 Å². The van der Waals surface area contributed by atoms with E-state index in [1.54, 1.807) is 6.20 Å². The van der Waals surface area contributed by atoms with Crippen molar-refractivity contribution in [3.05, 3.63) is 60.0 Å². The van der Waals surface area contributed by atoms with Gasteiger partial charge in [0.2, 0.25) is 0 Å². The van der Waals surface area contributed by atoms with E-state index < -0.39 is 0 Å². The molecule has 2 aromatic heterocycles. The Morgan fingerprint density at radius 1 is 1.10 bits per heavy atom. The molecule has 0 saturated heterocycles. The highest BCUT2D eigenvalue weighted by Crippen LogP contribution is 2.20. The van der Waals surface area contributed by atoms with Crippen LogP contribution in [0.25, 0.3) is 11.3 Å². The molecule has 0 bridgehead atoms. The van der Waals surface area contributed by atoms with Crippen LogP contribution in [0, 0.1) is 6.92 Å². The molecule has 0 aliphatic carbocycles. The monoisotopic (exact) mass is 265 g/mol. The van der Waals surface area contributed by atoms with Crippen LogP contribution in [-0.4, -0.2) is 20.4 Å². The second-order valence-corrected chi connectivity index (χ2v) is 4.53. The van der Waals surface area contributed by atoms with Gasteiger partial charge in [0.05, 0.1) is 18.4 Å². The summed E-state index contributed by atoms with van der Waals surface area (Å²) in [5.41, 5.74) is 4.99. The highest BCUT2D eigenvalue weighted by atomic mass is 15.3. The quantitative estimate of drug-likeness (QED) is 0.761. The summed E-state index contributed by atoms with van der Waals surface area (Å²) >= 11 is 0. The van der Waals surface area contributed by atoms with Crippen molar-refractivity contribution in [2.24, 2.45) is 0 Å². The van der Waals surface area contributed by atoms with Crippen molar-refractivity contribution in [2.45, 2.75) is 13.5 Å². The molecule has 100 valence electrons. The summed E-state index contributed by atoms with van der Waals surface area (Å²) in [4.78, 5) is 4.12. The van der Waals surface area contributed by atoms with Gasteiger partial charge in [-0.1, -0.05) is 30.3 Å². The number of anilines is 1. The Labute approximate surface area is 117 Å². The minimum Gasteiger partial charge on any atom is -0.378 e. The Kier molecular flexibility index (Phi) is 3.41. The molecular weight excluding hydrogens is 250 g/mol. The molecule has 3 aromatic rings. The van der Waals surface area contributed by atoms with Gasteiger partial charge in [-0.15, -0.1) is 0 Å². The van der Waals surface area contributed by atoms with Crippen LogP contribution in [0.1, 0.15) is 11.3 Å². The highest BCUT2D eigenvalue weighted by molar-refractivity contribution is 5.61. The van der Waals surface area contributed by atoms with E-state index in [0.717, 1.165) is 28.2 Å². The minimum atomic E-state index is 0.604. The first kappa shape index (κ1) is 12.3. The molecule has 2 N–H and O–H groups in total. The topological polar surface area (TPSA) is 66.5 Å². The number of aryl methyl sites for hydroxylation is 1. The fraction of sp³-hybridized carbons (Fsp3) is 0.133. The molecule has 5 heteroatoms. The molecule has 0 spiro atoms. The van der Waals surface area contributed by atoms with Crippen LogP contribution < -0.4 is 5.32 Å². The smallest absolute Gasteiger partial charge is 0.117 e. The van der Waals surface area contributed by atoms with Crippen molar-refractivity contribution in [1.82, 2.24) is 20.4 Å². The van der Waals surface area contributed by atoms with Crippen LogP contribution in [0.15, 0.2) is 48.8 Å². The number of aromatic nitrogens is 4. The first-order valence-electron chi connectivity index (χ1n) is 6.44. The Morgan fingerprint density at radius 2 is 1.95 bits per heavy atom. The van der Waals surface area contributed by atoms with Gasteiger partial charge in [0.15, 0.2) is 0 Å². The molecule has 3 rings (SSSR count). The lowest BCUT2D eigenvalue weighted by atomic mass is 10.1. The van der Waals surface area contributed by atoms with Crippen LogP contribution >= 0.6 is 0 Å². The van der Waals surface area contributed by atoms with E-state index in [9.17, 15) is 0 Å². The van der Waals surface area contributed by atoms with Crippen molar-refractivity contribution >= 4 is 5.69 Å². The molecule has 0 unspecified atom stereocenters. The van der Waals surface area contributed by atoms with Crippen molar-refractivity contribution < 1.29 is 0 Å². The number of nitrogens with zero attached hydrogens (tertiary/aromatic N) is 3. The molecule has 0 radical (unpaired) electrons. The summed E-state index contributed by atoms with van der Waals surface area (Å²) in [6.07, 6.45) is 3.60. The van der Waals surface area contributed by atoms with Crippen LogP contribution in [-0.2, 0) is 6.54 Å². The molecule has 0 atom stereocenters. The SMILES string of the molecule is Cc1ccncc1NCc1n[nH]nc1-c1ccccc1. The van der Waals surface area contributed by atoms with Gasteiger partial charge in [0.25, 0.3) is 0 Å². The van der Waals surface area contributed by atoms with Crippen LogP contribution in [0.4, 0.5) is 5.69 Å². The molecular formula is C15H15N5. The van der Waals surface area contributed by atoms with E-state index in [-0.39, 0.29) is 0 Å². The Morgan fingerprint density at radius 3 is 2.75 bits per heavy atom. The van der Waals surface area contributed by atoms with Gasteiger partial charge in [-0.25, -0.2) is 0 Å². The lowest BCUT2D eigenvalue weighted by Gasteiger charge is -2.07. The number of benzene rings is 1. The van der Waals surface area contributed by atoms with Gasteiger partial charge in [0, 0.05) is 11.8 Å². The Hall–Kier alpha value is -2.69. The average Bonchev–Trinajstić information content (AvgIpc) is 2.96. The van der Waals surface area contributed by atoms with E-state index in [4.69, 9.17) is 0 Å². The largest absolute Gasteiger partial charge is 0.378 e. The number of nitrogens with one attached hydrogen (secondary N) is 2. The number of rotatable bonds is 4. The lowest BCUT2D eigenvalue weighted by Crippen LogP contribution is -2.03. The minimum absolute atomic E-state index is 0.604. The average molecular weight is 265 g/mol. The maximum Gasteiger partial charge on any atom is 0.117 e. The van der Waals surface area contributed by atoms with Crippen LogP contribution in [0.3, 0.4) is 0 Å². The third-order valence-corrected chi connectivity index (χ3v) is 3.15. The second kappa shape index (κ2) is 5.52. The summed E-state index contributed by atoms with van der Waals surface area (Å²) in [5, 5.41) is 14.5. The Balaban J connectivity index is 1.80. The highest BCUT2D eigenvalue weighted by Gasteiger charge is 2.10. The van der Waals surface area contributed by atoms with Gasteiger partial charge >= 0.3 is 0 Å². The molecule has 0 aliphatic heterocycles. The first-order valence-corrected chi connectivity index (χ1v) is 6.44. The van der Waals surface area contributed by atoms with Gasteiger partial charge < -0.3 is 5.32 Å². The molecule has 0 aliphatic rings. The van der Waals surface area contributed by atoms with Crippen molar-refractivity contribution in [3.63, 3.8) is 0 Å². The number of H-pyrrole nitrogens is 1. The maximum atomic E-state index is 4.23. The number of pyridine rings is 1. The molecule has 0 saturated carbocycles. The van der Waals surface area contributed by atoms with E-state index in [0.29, 0.717) is 6.54 Å². The van der Waals surface area contributed by atoms with Crippen molar-refractivity contribution in [1.29, 1.82) is 0 Å².